The van der Waals surface area contributed by atoms with Crippen LogP contribution in [0.1, 0.15) is 40.5 Å². The van der Waals surface area contributed by atoms with Gasteiger partial charge in [-0.25, -0.2) is 0 Å². The van der Waals surface area contributed by atoms with E-state index in [1.165, 1.54) is 6.92 Å². The summed E-state index contributed by atoms with van der Waals surface area (Å²) in [4.78, 5) is 10.8. The number of ether oxygens (including phenoxy) is 1. The number of halogens is 2. The molecule has 16 heavy (non-hydrogen) atoms. The molecule has 1 atom stereocenters. The molecule has 90 valence electrons. The average Bonchev–Trinajstić information content (AvgIpc) is 2.46. The maximum absolute atomic E-state index is 10.8. The van der Waals surface area contributed by atoms with Crippen LogP contribution in [0.2, 0.25) is 0 Å². The van der Waals surface area contributed by atoms with E-state index in [2.05, 4.69) is 11.8 Å². The van der Waals surface area contributed by atoms with Crippen LogP contribution in [0.5, 0.6) is 0 Å². The molecule has 1 unspecified atom stereocenters. The van der Waals surface area contributed by atoms with Crippen LogP contribution >= 0.6 is 23.2 Å². The monoisotopic (exact) mass is 262 g/mol. The smallest absolute Gasteiger partial charge is 0.304 e. The van der Waals surface area contributed by atoms with E-state index in [0.717, 1.165) is 6.42 Å². The number of alkyl halides is 2. The van der Waals surface area contributed by atoms with Gasteiger partial charge in [0.05, 0.1) is 0 Å². The van der Waals surface area contributed by atoms with Crippen molar-refractivity contribution in [3.8, 4) is 11.8 Å². The van der Waals surface area contributed by atoms with Crippen molar-refractivity contribution in [2.24, 2.45) is 5.41 Å². The van der Waals surface area contributed by atoms with E-state index in [9.17, 15) is 4.79 Å². The number of carbonyl (C=O) groups is 1. The molecule has 0 aromatic carbocycles. The standard InChI is InChI=1S/C12H16Cl2O2/c1-9(15)16-10(2,3)6-5-7-11(4)8-12(11,13)14/h7-8H2,1-4H3. The minimum Gasteiger partial charge on any atom is -0.447 e. The second-order valence-electron chi connectivity index (χ2n) is 5.02. The van der Waals surface area contributed by atoms with Gasteiger partial charge in [0.2, 0.25) is 0 Å². The molecule has 0 spiro atoms. The molecule has 1 rings (SSSR count). The van der Waals surface area contributed by atoms with Crippen molar-refractivity contribution in [2.45, 2.75) is 50.5 Å². The highest BCUT2D eigenvalue weighted by Crippen LogP contribution is 2.65. The van der Waals surface area contributed by atoms with Gasteiger partial charge in [-0.3, -0.25) is 4.79 Å². The molecule has 4 heteroatoms. The molecule has 1 saturated carbocycles. The fourth-order valence-electron chi connectivity index (χ4n) is 1.47. The first kappa shape index (κ1) is 13.7. The lowest BCUT2D eigenvalue weighted by molar-refractivity contribution is -0.148. The van der Waals surface area contributed by atoms with E-state index in [1.54, 1.807) is 13.8 Å². The van der Waals surface area contributed by atoms with E-state index in [0.29, 0.717) is 6.42 Å². The van der Waals surface area contributed by atoms with E-state index in [4.69, 9.17) is 27.9 Å². The summed E-state index contributed by atoms with van der Waals surface area (Å²) >= 11 is 12.0. The van der Waals surface area contributed by atoms with Gasteiger partial charge >= 0.3 is 5.97 Å². The summed E-state index contributed by atoms with van der Waals surface area (Å²) in [7, 11) is 0. The summed E-state index contributed by atoms with van der Waals surface area (Å²) in [6.07, 6.45) is 1.37. The molecule has 0 aliphatic heterocycles. The van der Waals surface area contributed by atoms with Gasteiger partial charge in [-0.05, 0) is 20.3 Å². The Hall–Kier alpha value is -0.390. The zero-order valence-electron chi connectivity index (χ0n) is 9.99. The SMILES string of the molecule is CC(=O)OC(C)(C)C#CCC1(C)CC1(Cl)Cl. The lowest BCUT2D eigenvalue weighted by atomic mass is 10.0. The number of hydrogen-bond acceptors (Lipinski definition) is 2. The van der Waals surface area contributed by atoms with E-state index < -0.39 is 9.93 Å². The third kappa shape index (κ3) is 3.30. The van der Waals surface area contributed by atoms with Crippen LogP contribution in [0.3, 0.4) is 0 Å². The van der Waals surface area contributed by atoms with Gasteiger partial charge < -0.3 is 4.74 Å². The van der Waals surface area contributed by atoms with E-state index in [-0.39, 0.29) is 11.4 Å². The first-order chi connectivity index (χ1) is 7.08. The summed E-state index contributed by atoms with van der Waals surface area (Å²) in [5.41, 5.74) is -0.881. The Labute approximate surface area is 107 Å². The van der Waals surface area contributed by atoms with E-state index >= 15 is 0 Å². The van der Waals surface area contributed by atoms with Gasteiger partial charge in [0, 0.05) is 18.8 Å². The largest absolute Gasteiger partial charge is 0.447 e. The maximum Gasteiger partial charge on any atom is 0.304 e. The summed E-state index contributed by atoms with van der Waals surface area (Å²) in [5.74, 6) is 5.57. The topological polar surface area (TPSA) is 26.3 Å². The second kappa shape index (κ2) is 4.13. The molecule has 0 aromatic heterocycles. The van der Waals surface area contributed by atoms with Gasteiger partial charge in [0.1, 0.15) is 4.33 Å². The number of hydrogen-bond donors (Lipinski definition) is 0. The summed E-state index contributed by atoms with van der Waals surface area (Å²) in [6.45, 7) is 6.88. The number of esters is 1. The molecule has 1 aliphatic carbocycles. The van der Waals surface area contributed by atoms with Crippen LogP contribution in [0.25, 0.3) is 0 Å². The lowest BCUT2D eigenvalue weighted by Gasteiger charge is -2.17. The van der Waals surface area contributed by atoms with Gasteiger partial charge in [-0.1, -0.05) is 18.8 Å². The molecule has 0 amide bonds. The zero-order valence-corrected chi connectivity index (χ0v) is 11.5. The molecular weight excluding hydrogens is 247 g/mol. The molecular formula is C12H16Cl2O2. The van der Waals surface area contributed by atoms with Crippen LogP contribution in [-0.4, -0.2) is 15.9 Å². The van der Waals surface area contributed by atoms with Crippen LogP contribution in [0.4, 0.5) is 0 Å². The Morgan fingerprint density at radius 3 is 2.38 bits per heavy atom. The first-order valence-corrected chi connectivity index (χ1v) is 5.91. The predicted octanol–water partition coefficient (Wildman–Crippen LogP) is 3.31. The Balaban J connectivity index is 2.53. The summed E-state index contributed by atoms with van der Waals surface area (Å²) in [5, 5.41) is 0. The van der Waals surface area contributed by atoms with Crippen molar-refractivity contribution in [3.63, 3.8) is 0 Å². The number of rotatable bonds is 2. The normalized spacial score (nSPS) is 26.6. The predicted molar refractivity (Wildman–Crippen MR) is 65.4 cm³/mol. The lowest BCUT2D eigenvalue weighted by Crippen LogP contribution is -2.24. The van der Waals surface area contributed by atoms with Crippen LogP contribution in [0.15, 0.2) is 0 Å². The minimum absolute atomic E-state index is 0.130. The maximum atomic E-state index is 10.8. The third-order valence-corrected chi connectivity index (χ3v) is 3.82. The van der Waals surface area contributed by atoms with Crippen LogP contribution in [-0.2, 0) is 9.53 Å². The zero-order chi connectivity index (χ0) is 12.6. The van der Waals surface area contributed by atoms with Crippen LogP contribution in [0, 0.1) is 17.3 Å². The van der Waals surface area contributed by atoms with Gasteiger partial charge in [0.15, 0.2) is 5.60 Å². The highest BCUT2D eigenvalue weighted by Gasteiger charge is 2.62. The molecule has 1 fully saturated rings. The van der Waals surface area contributed by atoms with Gasteiger partial charge in [-0.15, -0.1) is 23.2 Å². The quantitative estimate of drug-likeness (QED) is 0.434. The fourth-order valence-corrected chi connectivity index (χ4v) is 2.20. The Kier molecular flexibility index (Phi) is 3.53. The van der Waals surface area contributed by atoms with Crippen molar-refractivity contribution in [1.82, 2.24) is 0 Å². The molecule has 0 heterocycles. The molecule has 0 N–H and O–H groups in total. The molecule has 0 bridgehead atoms. The molecule has 0 saturated heterocycles. The van der Waals surface area contributed by atoms with Crippen LogP contribution < -0.4 is 0 Å². The summed E-state index contributed by atoms with van der Waals surface area (Å²) in [6, 6.07) is 0. The summed E-state index contributed by atoms with van der Waals surface area (Å²) < 4.78 is 4.40. The highest BCUT2D eigenvalue weighted by molar-refractivity contribution is 6.51. The minimum atomic E-state index is -0.752. The Morgan fingerprint density at radius 2 is 2.00 bits per heavy atom. The Morgan fingerprint density at radius 1 is 1.50 bits per heavy atom. The molecule has 0 aromatic rings. The van der Waals surface area contributed by atoms with Crippen molar-refractivity contribution in [3.05, 3.63) is 0 Å². The van der Waals surface area contributed by atoms with Crippen molar-refractivity contribution in [2.75, 3.05) is 0 Å². The van der Waals surface area contributed by atoms with Gasteiger partial charge in [0.25, 0.3) is 0 Å². The molecule has 1 aliphatic rings. The Bertz CT molecular complexity index is 363. The van der Waals surface area contributed by atoms with E-state index in [1.807, 2.05) is 6.92 Å². The van der Waals surface area contributed by atoms with Crippen molar-refractivity contribution >= 4 is 29.2 Å². The number of carbonyl (C=O) groups excluding carboxylic acids is 1. The fraction of sp³-hybridized carbons (Fsp3) is 0.750. The third-order valence-electron chi connectivity index (χ3n) is 2.64. The van der Waals surface area contributed by atoms with Gasteiger partial charge in [-0.2, -0.15) is 0 Å². The van der Waals surface area contributed by atoms with Crippen molar-refractivity contribution < 1.29 is 9.53 Å². The van der Waals surface area contributed by atoms with Crippen molar-refractivity contribution in [1.29, 1.82) is 0 Å². The molecule has 0 radical (unpaired) electrons. The average molecular weight is 263 g/mol. The second-order valence-corrected chi connectivity index (χ2v) is 6.51. The highest BCUT2D eigenvalue weighted by atomic mass is 35.5. The first-order valence-electron chi connectivity index (χ1n) is 5.15. The molecule has 2 nitrogen and oxygen atoms in total.